The SMILES string of the molecule is C[C@]12CC[C@H]1CC(c1ccccc1)=N2. The summed E-state index contributed by atoms with van der Waals surface area (Å²) >= 11 is 0. The van der Waals surface area contributed by atoms with E-state index in [2.05, 4.69) is 37.3 Å². The highest BCUT2D eigenvalue weighted by Crippen LogP contribution is 2.48. The molecule has 0 bridgehead atoms. The number of hydrogen-bond donors (Lipinski definition) is 0. The Labute approximate surface area is 84.9 Å². The molecule has 14 heavy (non-hydrogen) atoms. The second-order valence-electron chi connectivity index (χ2n) is 4.72. The second kappa shape index (κ2) is 2.69. The van der Waals surface area contributed by atoms with E-state index in [4.69, 9.17) is 4.99 Å². The van der Waals surface area contributed by atoms with E-state index in [9.17, 15) is 0 Å². The zero-order chi connectivity index (χ0) is 9.60. The van der Waals surface area contributed by atoms with Crippen LogP contribution < -0.4 is 0 Å². The van der Waals surface area contributed by atoms with Gasteiger partial charge in [-0.25, -0.2) is 0 Å². The van der Waals surface area contributed by atoms with E-state index in [1.54, 1.807) is 0 Å². The van der Waals surface area contributed by atoms with Crippen LogP contribution in [0.4, 0.5) is 0 Å². The molecule has 0 unspecified atom stereocenters. The van der Waals surface area contributed by atoms with E-state index in [0.29, 0.717) is 5.54 Å². The quantitative estimate of drug-likeness (QED) is 0.637. The Morgan fingerprint density at radius 1 is 1.29 bits per heavy atom. The molecule has 1 aliphatic carbocycles. The minimum Gasteiger partial charge on any atom is -0.282 e. The molecule has 1 heterocycles. The maximum absolute atomic E-state index is 4.88. The van der Waals surface area contributed by atoms with E-state index in [0.717, 1.165) is 5.92 Å². The van der Waals surface area contributed by atoms with Gasteiger partial charge in [-0.05, 0) is 37.7 Å². The van der Waals surface area contributed by atoms with Crippen LogP contribution in [0, 0.1) is 5.92 Å². The van der Waals surface area contributed by atoms with Crippen LogP contribution in [0.2, 0.25) is 0 Å². The topological polar surface area (TPSA) is 12.4 Å². The molecule has 0 amide bonds. The molecule has 0 radical (unpaired) electrons. The van der Waals surface area contributed by atoms with Gasteiger partial charge in [-0.15, -0.1) is 0 Å². The lowest BCUT2D eigenvalue weighted by Crippen LogP contribution is -2.38. The lowest BCUT2D eigenvalue weighted by Gasteiger charge is -2.39. The van der Waals surface area contributed by atoms with Crippen molar-refractivity contribution in [2.45, 2.75) is 31.7 Å². The molecular formula is C13H15N. The van der Waals surface area contributed by atoms with Gasteiger partial charge in [0, 0.05) is 5.71 Å². The van der Waals surface area contributed by atoms with Crippen molar-refractivity contribution in [1.82, 2.24) is 0 Å². The van der Waals surface area contributed by atoms with Gasteiger partial charge in [-0.2, -0.15) is 0 Å². The summed E-state index contributed by atoms with van der Waals surface area (Å²) in [6.07, 6.45) is 3.85. The molecule has 1 nitrogen and oxygen atoms in total. The molecule has 1 aliphatic heterocycles. The van der Waals surface area contributed by atoms with E-state index in [1.807, 2.05) is 0 Å². The van der Waals surface area contributed by atoms with Gasteiger partial charge in [0.1, 0.15) is 0 Å². The number of rotatable bonds is 1. The molecule has 1 saturated carbocycles. The first-order chi connectivity index (χ1) is 6.78. The van der Waals surface area contributed by atoms with Gasteiger partial charge in [0.15, 0.2) is 0 Å². The lowest BCUT2D eigenvalue weighted by molar-refractivity contribution is 0.176. The number of hydrogen-bond acceptors (Lipinski definition) is 1. The van der Waals surface area contributed by atoms with Gasteiger partial charge in [-0.3, -0.25) is 4.99 Å². The van der Waals surface area contributed by atoms with Crippen molar-refractivity contribution in [3.05, 3.63) is 35.9 Å². The minimum absolute atomic E-state index is 0.297. The van der Waals surface area contributed by atoms with Gasteiger partial charge >= 0.3 is 0 Å². The standard InChI is InChI=1S/C13H15N/c1-13-8-7-11(13)9-12(14-13)10-5-3-2-4-6-10/h2-6,11H,7-9H2,1H3/t11-,13-/m0/s1. The summed E-state index contributed by atoms with van der Waals surface area (Å²) in [7, 11) is 0. The maximum Gasteiger partial charge on any atom is 0.0615 e. The Morgan fingerprint density at radius 3 is 2.57 bits per heavy atom. The molecule has 1 aromatic carbocycles. The minimum atomic E-state index is 0.297. The molecule has 3 rings (SSSR count). The highest BCUT2D eigenvalue weighted by molar-refractivity contribution is 6.02. The Hall–Kier alpha value is -1.11. The molecule has 0 saturated heterocycles. The summed E-state index contributed by atoms with van der Waals surface area (Å²) in [5.41, 5.74) is 2.95. The summed E-state index contributed by atoms with van der Waals surface area (Å²) < 4.78 is 0. The third-order valence-electron chi connectivity index (χ3n) is 3.82. The average molecular weight is 185 g/mol. The lowest BCUT2D eigenvalue weighted by atomic mass is 9.68. The van der Waals surface area contributed by atoms with E-state index in [-0.39, 0.29) is 0 Å². The van der Waals surface area contributed by atoms with Crippen LogP contribution in [0.15, 0.2) is 35.3 Å². The fraction of sp³-hybridized carbons (Fsp3) is 0.462. The summed E-state index contributed by atoms with van der Waals surface area (Å²) in [4.78, 5) is 4.88. The van der Waals surface area contributed by atoms with Crippen LogP contribution in [-0.2, 0) is 0 Å². The first-order valence-electron chi connectivity index (χ1n) is 5.42. The monoisotopic (exact) mass is 185 g/mol. The van der Waals surface area contributed by atoms with Gasteiger partial charge < -0.3 is 0 Å². The number of fused-ring (bicyclic) bond motifs is 1. The molecule has 0 spiro atoms. The molecule has 1 heteroatoms. The summed E-state index contributed by atoms with van der Waals surface area (Å²) in [5, 5.41) is 0. The first kappa shape index (κ1) is 8.22. The van der Waals surface area contributed by atoms with Crippen molar-refractivity contribution in [3.8, 4) is 0 Å². The van der Waals surface area contributed by atoms with Crippen LogP contribution in [0.3, 0.4) is 0 Å². The third-order valence-corrected chi connectivity index (χ3v) is 3.82. The number of nitrogens with zero attached hydrogens (tertiary/aromatic N) is 1. The zero-order valence-corrected chi connectivity index (χ0v) is 8.53. The Balaban J connectivity index is 1.95. The highest BCUT2D eigenvalue weighted by atomic mass is 14.9. The van der Waals surface area contributed by atoms with Gasteiger partial charge in [-0.1, -0.05) is 30.3 Å². The normalized spacial score (nSPS) is 34.6. The number of aliphatic imine (C=N–C) groups is 1. The summed E-state index contributed by atoms with van der Waals surface area (Å²) in [6.45, 7) is 2.30. The number of benzene rings is 1. The highest BCUT2D eigenvalue weighted by Gasteiger charge is 2.47. The van der Waals surface area contributed by atoms with Crippen molar-refractivity contribution >= 4 is 5.71 Å². The van der Waals surface area contributed by atoms with Crippen molar-refractivity contribution < 1.29 is 0 Å². The average Bonchev–Trinajstić information content (AvgIpc) is 2.44. The molecular weight excluding hydrogens is 170 g/mol. The van der Waals surface area contributed by atoms with Gasteiger partial charge in [0.05, 0.1) is 5.54 Å². The van der Waals surface area contributed by atoms with Crippen molar-refractivity contribution in [1.29, 1.82) is 0 Å². The fourth-order valence-corrected chi connectivity index (χ4v) is 2.64. The van der Waals surface area contributed by atoms with E-state index >= 15 is 0 Å². The van der Waals surface area contributed by atoms with Crippen LogP contribution in [-0.4, -0.2) is 11.3 Å². The van der Waals surface area contributed by atoms with Crippen molar-refractivity contribution in [3.63, 3.8) is 0 Å². The van der Waals surface area contributed by atoms with Crippen LogP contribution in [0.1, 0.15) is 31.7 Å². The molecule has 2 aliphatic rings. The molecule has 0 N–H and O–H groups in total. The Kier molecular flexibility index (Phi) is 1.58. The van der Waals surface area contributed by atoms with Gasteiger partial charge in [0.25, 0.3) is 0 Å². The zero-order valence-electron chi connectivity index (χ0n) is 8.53. The Bertz CT molecular complexity index is 379. The molecule has 1 fully saturated rings. The maximum atomic E-state index is 4.88. The molecule has 1 aromatic rings. The van der Waals surface area contributed by atoms with Crippen LogP contribution in [0.25, 0.3) is 0 Å². The molecule has 72 valence electrons. The molecule has 0 aromatic heterocycles. The van der Waals surface area contributed by atoms with Crippen LogP contribution >= 0.6 is 0 Å². The van der Waals surface area contributed by atoms with E-state index < -0.39 is 0 Å². The predicted molar refractivity (Wildman–Crippen MR) is 58.7 cm³/mol. The fourth-order valence-electron chi connectivity index (χ4n) is 2.64. The second-order valence-corrected chi connectivity index (χ2v) is 4.72. The smallest absolute Gasteiger partial charge is 0.0615 e. The van der Waals surface area contributed by atoms with Crippen molar-refractivity contribution in [2.75, 3.05) is 0 Å². The first-order valence-corrected chi connectivity index (χ1v) is 5.42. The Morgan fingerprint density at radius 2 is 2.07 bits per heavy atom. The summed E-state index contributed by atoms with van der Waals surface area (Å²) in [5.74, 6) is 0.831. The predicted octanol–water partition coefficient (Wildman–Crippen LogP) is 3.05. The van der Waals surface area contributed by atoms with Crippen LogP contribution in [0.5, 0.6) is 0 Å². The van der Waals surface area contributed by atoms with Crippen molar-refractivity contribution in [2.24, 2.45) is 10.9 Å². The molecule has 2 atom stereocenters. The van der Waals surface area contributed by atoms with Gasteiger partial charge in [0.2, 0.25) is 0 Å². The largest absolute Gasteiger partial charge is 0.282 e. The third kappa shape index (κ3) is 1.05. The van der Waals surface area contributed by atoms with E-state index in [1.165, 1.54) is 30.5 Å². The summed E-state index contributed by atoms with van der Waals surface area (Å²) in [6, 6.07) is 10.6.